The second-order valence-electron chi connectivity index (χ2n) is 8.54. The Morgan fingerprint density at radius 3 is 2.15 bits per heavy atom. The molecule has 3 rings (SSSR count). The molecular weight excluding hydrogens is 322 g/mol. The molecule has 1 aromatic rings. The molecule has 2 aliphatic rings. The molecule has 0 aliphatic heterocycles. The first-order valence-electron chi connectivity index (χ1n) is 10.8. The molecule has 4 nitrogen and oxygen atoms in total. The Kier molecular flexibility index (Phi) is 7.04. The minimum absolute atomic E-state index is 0.0537. The maximum atomic E-state index is 11.3. The first-order chi connectivity index (χ1) is 12.7. The third kappa shape index (κ3) is 5.05. The largest absolute Gasteiger partial charge is 0.369 e. The van der Waals surface area contributed by atoms with Gasteiger partial charge in [0.05, 0.1) is 0 Å². The van der Waals surface area contributed by atoms with Gasteiger partial charge in [0.1, 0.15) is 5.82 Å². The van der Waals surface area contributed by atoms with Gasteiger partial charge in [0.15, 0.2) is 0 Å². The van der Waals surface area contributed by atoms with E-state index in [1.807, 2.05) is 0 Å². The fourth-order valence-corrected chi connectivity index (χ4v) is 4.87. The lowest BCUT2D eigenvalue weighted by molar-refractivity contribution is -0.122. The highest BCUT2D eigenvalue weighted by Crippen LogP contribution is 2.38. The first-order valence-corrected chi connectivity index (χ1v) is 10.8. The fourth-order valence-electron chi connectivity index (χ4n) is 4.87. The van der Waals surface area contributed by atoms with Gasteiger partial charge in [0.2, 0.25) is 5.91 Å². The molecule has 2 N–H and O–H groups in total. The average molecular weight is 358 g/mol. The number of nitrogens with two attached hydrogens (primary N) is 1. The Labute approximate surface area is 158 Å². The zero-order valence-corrected chi connectivity index (χ0v) is 16.3. The molecule has 0 atom stereocenters. The second kappa shape index (κ2) is 9.48. The molecule has 0 aromatic carbocycles. The molecule has 4 heteroatoms. The van der Waals surface area contributed by atoms with Gasteiger partial charge < -0.3 is 5.73 Å². The maximum Gasteiger partial charge on any atom is 0.220 e. The predicted molar refractivity (Wildman–Crippen MR) is 105 cm³/mol. The summed E-state index contributed by atoms with van der Waals surface area (Å²) in [5.41, 5.74) is 6.75. The summed E-state index contributed by atoms with van der Waals surface area (Å²) in [6.07, 6.45) is 18.7. The summed E-state index contributed by atoms with van der Waals surface area (Å²) in [4.78, 5) is 20.7. The van der Waals surface area contributed by atoms with Gasteiger partial charge in [-0.15, -0.1) is 0 Å². The van der Waals surface area contributed by atoms with Crippen molar-refractivity contribution in [3.63, 3.8) is 0 Å². The van der Waals surface area contributed by atoms with E-state index in [2.05, 4.69) is 19.3 Å². The van der Waals surface area contributed by atoms with E-state index < -0.39 is 0 Å². The lowest BCUT2D eigenvalue weighted by Gasteiger charge is -2.29. The summed E-state index contributed by atoms with van der Waals surface area (Å²) in [5.74, 6) is 2.86. The van der Waals surface area contributed by atoms with Crippen LogP contribution in [-0.2, 0) is 4.79 Å². The van der Waals surface area contributed by atoms with Crippen molar-refractivity contribution in [2.75, 3.05) is 0 Å². The number of hydrogen-bond acceptors (Lipinski definition) is 3. The van der Waals surface area contributed by atoms with Gasteiger partial charge in [-0.05, 0) is 68.8 Å². The van der Waals surface area contributed by atoms with Gasteiger partial charge in [-0.1, -0.05) is 32.6 Å². The Morgan fingerprint density at radius 1 is 0.962 bits per heavy atom. The van der Waals surface area contributed by atoms with Gasteiger partial charge >= 0.3 is 0 Å². The van der Waals surface area contributed by atoms with E-state index in [-0.39, 0.29) is 11.8 Å². The number of nitrogens with zero attached hydrogens (tertiary/aromatic N) is 2. The monoisotopic (exact) mass is 357 g/mol. The predicted octanol–water partition coefficient (Wildman–Crippen LogP) is 5.09. The number of aromatic nitrogens is 2. The minimum atomic E-state index is -0.148. The number of unbranched alkanes of at least 4 members (excludes halogenated alkanes) is 2. The van der Waals surface area contributed by atoms with Crippen molar-refractivity contribution in [2.24, 2.45) is 17.6 Å². The summed E-state index contributed by atoms with van der Waals surface area (Å²) >= 11 is 0. The molecule has 2 fully saturated rings. The van der Waals surface area contributed by atoms with Crippen LogP contribution in [0.4, 0.5) is 0 Å². The first kappa shape index (κ1) is 19.3. The third-order valence-electron chi connectivity index (χ3n) is 6.72. The van der Waals surface area contributed by atoms with Gasteiger partial charge in [-0.25, -0.2) is 9.97 Å². The van der Waals surface area contributed by atoms with E-state index in [9.17, 15) is 4.79 Å². The van der Waals surface area contributed by atoms with Crippen molar-refractivity contribution in [1.82, 2.24) is 9.97 Å². The van der Waals surface area contributed by atoms with Crippen LogP contribution in [0.3, 0.4) is 0 Å². The highest BCUT2D eigenvalue weighted by atomic mass is 16.1. The zero-order valence-electron chi connectivity index (χ0n) is 16.3. The molecule has 26 heavy (non-hydrogen) atoms. The highest BCUT2D eigenvalue weighted by molar-refractivity contribution is 5.76. The van der Waals surface area contributed by atoms with Crippen LogP contribution in [0.1, 0.15) is 107 Å². The van der Waals surface area contributed by atoms with Crippen LogP contribution in [0.2, 0.25) is 0 Å². The van der Waals surface area contributed by atoms with E-state index in [0.717, 1.165) is 37.4 Å². The van der Waals surface area contributed by atoms with Crippen molar-refractivity contribution >= 4 is 5.91 Å². The van der Waals surface area contributed by atoms with Crippen LogP contribution < -0.4 is 5.73 Å². The van der Waals surface area contributed by atoms with Crippen molar-refractivity contribution in [2.45, 2.75) is 95.8 Å². The zero-order chi connectivity index (χ0) is 18.4. The highest BCUT2D eigenvalue weighted by Gasteiger charge is 2.27. The topological polar surface area (TPSA) is 68.9 Å². The van der Waals surface area contributed by atoms with Crippen molar-refractivity contribution < 1.29 is 4.79 Å². The molecule has 0 saturated heterocycles. The maximum absolute atomic E-state index is 11.3. The third-order valence-corrected chi connectivity index (χ3v) is 6.72. The lowest BCUT2D eigenvalue weighted by Crippen LogP contribution is -2.27. The number of amides is 1. The number of rotatable bonds is 7. The Hall–Kier alpha value is -1.45. The summed E-state index contributed by atoms with van der Waals surface area (Å²) in [6.45, 7) is 2.28. The van der Waals surface area contributed by atoms with Crippen LogP contribution in [0.25, 0.3) is 0 Å². The number of hydrogen-bond donors (Lipinski definition) is 1. The Bertz CT molecular complexity index is 555. The van der Waals surface area contributed by atoms with Crippen LogP contribution in [-0.4, -0.2) is 15.9 Å². The molecule has 2 saturated carbocycles. The SMILES string of the molecule is CCCCC[C@H]1CC[C@H](c2cnc([C@H]3CC[C@H](C(N)=O)CC3)nc2)CC1. The number of carbonyl (C=O) groups is 1. The smallest absolute Gasteiger partial charge is 0.220 e. The van der Waals surface area contributed by atoms with E-state index >= 15 is 0 Å². The molecule has 2 aliphatic carbocycles. The molecule has 1 aromatic heterocycles. The van der Waals surface area contributed by atoms with Crippen LogP contribution in [0, 0.1) is 11.8 Å². The van der Waals surface area contributed by atoms with E-state index in [1.54, 1.807) is 0 Å². The van der Waals surface area contributed by atoms with Gasteiger partial charge in [-0.2, -0.15) is 0 Å². The molecule has 144 valence electrons. The molecule has 0 unspecified atom stereocenters. The molecule has 0 spiro atoms. The lowest BCUT2D eigenvalue weighted by atomic mass is 9.77. The van der Waals surface area contributed by atoms with Gasteiger partial charge in [0, 0.05) is 24.2 Å². The molecule has 1 heterocycles. The van der Waals surface area contributed by atoms with Crippen LogP contribution in [0.15, 0.2) is 12.4 Å². The van der Waals surface area contributed by atoms with Gasteiger partial charge in [0.25, 0.3) is 0 Å². The Morgan fingerprint density at radius 2 is 1.58 bits per heavy atom. The standard InChI is InChI=1S/C22H35N3O/c1-2-3-4-5-16-6-8-17(9-7-16)20-14-24-22(25-15-20)19-12-10-18(11-13-19)21(23)26/h14-19H,2-13H2,1H3,(H2,23,26)/t16-,17-,18-,19-. The van der Waals surface area contributed by atoms with E-state index in [4.69, 9.17) is 15.7 Å². The average Bonchev–Trinajstić information content (AvgIpc) is 2.69. The summed E-state index contributed by atoms with van der Waals surface area (Å²) in [5, 5.41) is 0. The van der Waals surface area contributed by atoms with E-state index in [0.29, 0.717) is 11.8 Å². The molecular formula is C22H35N3O. The molecule has 1 amide bonds. The van der Waals surface area contributed by atoms with E-state index in [1.165, 1.54) is 56.9 Å². The number of carbonyl (C=O) groups excluding carboxylic acids is 1. The molecule has 0 radical (unpaired) electrons. The van der Waals surface area contributed by atoms with Crippen LogP contribution >= 0.6 is 0 Å². The fraction of sp³-hybridized carbons (Fsp3) is 0.773. The second-order valence-corrected chi connectivity index (χ2v) is 8.54. The Balaban J connectivity index is 1.47. The number of primary amides is 1. The summed E-state index contributed by atoms with van der Waals surface area (Å²) < 4.78 is 0. The minimum Gasteiger partial charge on any atom is -0.369 e. The quantitative estimate of drug-likeness (QED) is 0.691. The van der Waals surface area contributed by atoms with Crippen LogP contribution in [0.5, 0.6) is 0 Å². The molecule has 0 bridgehead atoms. The summed E-state index contributed by atoms with van der Waals surface area (Å²) in [6, 6.07) is 0. The van der Waals surface area contributed by atoms with Crippen molar-refractivity contribution in [3.8, 4) is 0 Å². The van der Waals surface area contributed by atoms with Gasteiger partial charge in [-0.3, -0.25) is 4.79 Å². The summed E-state index contributed by atoms with van der Waals surface area (Å²) in [7, 11) is 0. The normalized spacial score (nSPS) is 29.4. The van der Waals surface area contributed by atoms with Crippen molar-refractivity contribution in [1.29, 1.82) is 0 Å². The van der Waals surface area contributed by atoms with Crippen molar-refractivity contribution in [3.05, 3.63) is 23.8 Å².